The molecule has 1 aliphatic carbocycles. The van der Waals surface area contributed by atoms with E-state index in [2.05, 4.69) is 21.2 Å². The zero-order chi connectivity index (χ0) is 14.6. The van der Waals surface area contributed by atoms with Crippen LogP contribution in [0.2, 0.25) is 0 Å². The van der Waals surface area contributed by atoms with Gasteiger partial charge in [0.15, 0.2) is 0 Å². The molecule has 0 aromatic rings. The van der Waals surface area contributed by atoms with Gasteiger partial charge in [-0.2, -0.15) is 0 Å². The standard InChI is InChI=1S/C13H22BrNO4/c1-4-8(5-2)19-10-6-9(14)12(17)13(18)11(10)15-7(3)16/h6,8,10-13,17-18H,4-5H2,1-3H3,(H,15,16)/t10-,11+,12-,13+/m1/s1. The van der Waals surface area contributed by atoms with Gasteiger partial charge in [0.25, 0.3) is 0 Å². The maximum absolute atomic E-state index is 11.2. The molecule has 0 fully saturated rings. The quantitative estimate of drug-likeness (QED) is 0.702. The Morgan fingerprint density at radius 3 is 2.53 bits per heavy atom. The SMILES string of the molecule is CCC(CC)O[C@@H]1C=C(Br)[C@@H](O)[C@@H](O)[C@H]1NC(C)=O. The van der Waals surface area contributed by atoms with E-state index in [0.717, 1.165) is 12.8 Å². The fraction of sp³-hybridized carbons (Fsp3) is 0.769. The van der Waals surface area contributed by atoms with Gasteiger partial charge in [-0.3, -0.25) is 4.79 Å². The number of hydrogen-bond donors (Lipinski definition) is 3. The molecule has 0 radical (unpaired) electrons. The number of amides is 1. The first kappa shape index (κ1) is 16.6. The van der Waals surface area contributed by atoms with Crippen LogP contribution in [-0.4, -0.2) is 46.6 Å². The van der Waals surface area contributed by atoms with Crippen LogP contribution in [0.25, 0.3) is 0 Å². The van der Waals surface area contributed by atoms with Crippen LogP contribution in [0, 0.1) is 0 Å². The molecule has 3 N–H and O–H groups in total. The van der Waals surface area contributed by atoms with Gasteiger partial charge < -0.3 is 20.3 Å². The van der Waals surface area contributed by atoms with Crippen LogP contribution in [0.5, 0.6) is 0 Å². The van der Waals surface area contributed by atoms with Crippen LogP contribution in [0.15, 0.2) is 10.6 Å². The van der Waals surface area contributed by atoms with Gasteiger partial charge in [0.1, 0.15) is 12.2 Å². The molecular weight excluding hydrogens is 314 g/mol. The molecule has 0 heterocycles. The van der Waals surface area contributed by atoms with Gasteiger partial charge in [0.2, 0.25) is 5.91 Å². The highest BCUT2D eigenvalue weighted by molar-refractivity contribution is 9.11. The number of carbonyl (C=O) groups excluding carboxylic acids is 1. The molecule has 1 rings (SSSR count). The first-order valence-electron chi connectivity index (χ1n) is 6.56. The van der Waals surface area contributed by atoms with Gasteiger partial charge in [-0.1, -0.05) is 29.8 Å². The van der Waals surface area contributed by atoms with Gasteiger partial charge in [-0.25, -0.2) is 0 Å². The Hall–Kier alpha value is -0.430. The molecule has 0 spiro atoms. The number of hydrogen-bond acceptors (Lipinski definition) is 4. The largest absolute Gasteiger partial charge is 0.388 e. The van der Waals surface area contributed by atoms with Gasteiger partial charge in [-0.15, -0.1) is 0 Å². The van der Waals surface area contributed by atoms with E-state index in [1.807, 2.05) is 13.8 Å². The number of aliphatic hydroxyl groups excluding tert-OH is 2. The predicted octanol–water partition coefficient (Wildman–Crippen LogP) is 1.08. The normalized spacial score (nSPS) is 31.2. The Labute approximate surface area is 122 Å². The molecule has 0 aromatic heterocycles. The number of aliphatic hydroxyl groups is 2. The number of nitrogens with one attached hydrogen (secondary N) is 1. The highest BCUT2D eigenvalue weighted by Gasteiger charge is 2.39. The van der Waals surface area contributed by atoms with E-state index in [-0.39, 0.29) is 12.0 Å². The van der Waals surface area contributed by atoms with E-state index in [0.29, 0.717) is 4.48 Å². The van der Waals surface area contributed by atoms with Crippen LogP contribution < -0.4 is 5.32 Å². The fourth-order valence-electron chi connectivity index (χ4n) is 2.14. The second-order valence-electron chi connectivity index (χ2n) is 4.75. The first-order valence-corrected chi connectivity index (χ1v) is 7.35. The monoisotopic (exact) mass is 335 g/mol. The lowest BCUT2D eigenvalue weighted by Crippen LogP contribution is -2.57. The zero-order valence-corrected chi connectivity index (χ0v) is 13.1. The maximum Gasteiger partial charge on any atom is 0.217 e. The predicted molar refractivity (Wildman–Crippen MR) is 75.9 cm³/mol. The summed E-state index contributed by atoms with van der Waals surface area (Å²) in [6, 6.07) is -0.644. The fourth-order valence-corrected chi connectivity index (χ4v) is 2.67. The molecule has 0 bridgehead atoms. The third kappa shape index (κ3) is 4.27. The van der Waals surface area contributed by atoms with Crippen molar-refractivity contribution >= 4 is 21.8 Å². The Kier molecular flexibility index (Phi) is 6.46. The van der Waals surface area contributed by atoms with Gasteiger partial charge in [0, 0.05) is 11.4 Å². The van der Waals surface area contributed by atoms with Crippen molar-refractivity contribution in [2.24, 2.45) is 0 Å². The van der Waals surface area contributed by atoms with E-state index >= 15 is 0 Å². The van der Waals surface area contributed by atoms with Gasteiger partial charge in [-0.05, 0) is 18.9 Å². The van der Waals surface area contributed by atoms with Crippen molar-refractivity contribution in [3.63, 3.8) is 0 Å². The third-order valence-electron chi connectivity index (χ3n) is 3.28. The van der Waals surface area contributed by atoms with Crippen LogP contribution in [0.3, 0.4) is 0 Å². The van der Waals surface area contributed by atoms with Crippen LogP contribution >= 0.6 is 15.9 Å². The number of rotatable bonds is 5. The van der Waals surface area contributed by atoms with Crippen LogP contribution in [-0.2, 0) is 9.53 Å². The van der Waals surface area contributed by atoms with E-state index in [1.165, 1.54) is 6.92 Å². The summed E-state index contributed by atoms with van der Waals surface area (Å²) < 4.78 is 6.38. The molecule has 0 saturated carbocycles. The molecule has 4 atom stereocenters. The molecule has 1 aliphatic rings. The van der Waals surface area contributed by atoms with E-state index in [4.69, 9.17) is 4.74 Å². The average molecular weight is 336 g/mol. The summed E-state index contributed by atoms with van der Waals surface area (Å²) in [5.41, 5.74) is 0. The molecule has 0 aliphatic heterocycles. The van der Waals surface area contributed by atoms with Crippen molar-refractivity contribution in [3.05, 3.63) is 10.6 Å². The molecule has 5 nitrogen and oxygen atoms in total. The summed E-state index contributed by atoms with van der Waals surface area (Å²) >= 11 is 3.22. The highest BCUT2D eigenvalue weighted by atomic mass is 79.9. The summed E-state index contributed by atoms with van der Waals surface area (Å²) in [6.07, 6.45) is 0.868. The molecule has 19 heavy (non-hydrogen) atoms. The van der Waals surface area contributed by atoms with E-state index in [9.17, 15) is 15.0 Å². The van der Waals surface area contributed by atoms with E-state index in [1.54, 1.807) is 6.08 Å². The highest BCUT2D eigenvalue weighted by Crippen LogP contribution is 2.27. The molecule has 0 saturated heterocycles. The van der Waals surface area contributed by atoms with Crippen molar-refractivity contribution < 1.29 is 19.7 Å². The Balaban J connectivity index is 2.90. The minimum Gasteiger partial charge on any atom is -0.388 e. The van der Waals surface area contributed by atoms with Crippen LogP contribution in [0.4, 0.5) is 0 Å². The molecule has 0 unspecified atom stereocenters. The van der Waals surface area contributed by atoms with Gasteiger partial charge >= 0.3 is 0 Å². The molecule has 0 aromatic carbocycles. The molecular formula is C13H22BrNO4. The summed E-state index contributed by atoms with van der Waals surface area (Å²) in [6.45, 7) is 5.42. The Morgan fingerprint density at radius 1 is 1.47 bits per heavy atom. The van der Waals surface area contributed by atoms with Gasteiger partial charge in [0.05, 0.1) is 18.2 Å². The Morgan fingerprint density at radius 2 is 2.05 bits per heavy atom. The van der Waals surface area contributed by atoms with Crippen molar-refractivity contribution in [1.82, 2.24) is 5.32 Å². The van der Waals surface area contributed by atoms with Crippen molar-refractivity contribution in [2.45, 2.75) is 64.1 Å². The lowest BCUT2D eigenvalue weighted by Gasteiger charge is -2.37. The van der Waals surface area contributed by atoms with Crippen molar-refractivity contribution in [2.75, 3.05) is 0 Å². The molecule has 6 heteroatoms. The maximum atomic E-state index is 11.2. The summed E-state index contributed by atoms with van der Waals surface area (Å²) in [5.74, 6) is -0.263. The second-order valence-corrected chi connectivity index (χ2v) is 5.67. The summed E-state index contributed by atoms with van der Waals surface area (Å²) in [7, 11) is 0. The number of halogens is 1. The first-order chi connectivity index (χ1) is 8.90. The lowest BCUT2D eigenvalue weighted by atomic mass is 9.93. The minimum atomic E-state index is -1.09. The topological polar surface area (TPSA) is 78.8 Å². The minimum absolute atomic E-state index is 0.0558. The van der Waals surface area contributed by atoms with Crippen molar-refractivity contribution in [3.8, 4) is 0 Å². The molecule has 1 amide bonds. The second kappa shape index (κ2) is 7.38. The lowest BCUT2D eigenvalue weighted by molar-refractivity contribution is -0.125. The molecule has 110 valence electrons. The van der Waals surface area contributed by atoms with Crippen LogP contribution in [0.1, 0.15) is 33.6 Å². The number of ether oxygens (including phenoxy) is 1. The summed E-state index contributed by atoms with van der Waals surface area (Å²) in [4.78, 5) is 11.2. The van der Waals surface area contributed by atoms with E-state index < -0.39 is 24.4 Å². The smallest absolute Gasteiger partial charge is 0.217 e. The van der Waals surface area contributed by atoms with Crippen molar-refractivity contribution in [1.29, 1.82) is 0 Å². The number of carbonyl (C=O) groups is 1. The zero-order valence-electron chi connectivity index (χ0n) is 11.5. The summed E-state index contributed by atoms with van der Waals surface area (Å²) in [5, 5.41) is 22.5. The average Bonchev–Trinajstić information content (AvgIpc) is 2.37. The Bertz CT molecular complexity index is 344. The third-order valence-corrected chi connectivity index (χ3v) is 4.02.